The SMILES string of the molecule is CC(Oc1ccc(-c2cnc3ccccc3n2)cc1)C(=O)Nc1ccccc1Cl. The lowest BCUT2D eigenvalue weighted by atomic mass is 10.1. The number of nitrogens with one attached hydrogen (secondary N) is 1. The monoisotopic (exact) mass is 403 g/mol. The van der Waals surface area contributed by atoms with Gasteiger partial charge in [0.2, 0.25) is 0 Å². The topological polar surface area (TPSA) is 64.1 Å². The van der Waals surface area contributed by atoms with E-state index in [9.17, 15) is 4.79 Å². The summed E-state index contributed by atoms with van der Waals surface area (Å²) in [7, 11) is 0. The van der Waals surface area contributed by atoms with Gasteiger partial charge in [-0.1, -0.05) is 35.9 Å². The summed E-state index contributed by atoms with van der Waals surface area (Å²) in [5.41, 5.74) is 3.95. The highest BCUT2D eigenvalue weighted by Gasteiger charge is 2.16. The van der Waals surface area contributed by atoms with Gasteiger partial charge in [0.1, 0.15) is 5.75 Å². The van der Waals surface area contributed by atoms with Crippen LogP contribution in [0, 0.1) is 0 Å². The van der Waals surface area contributed by atoms with E-state index in [2.05, 4.69) is 15.3 Å². The van der Waals surface area contributed by atoms with E-state index >= 15 is 0 Å². The number of fused-ring (bicyclic) bond motifs is 1. The summed E-state index contributed by atoms with van der Waals surface area (Å²) in [5.74, 6) is 0.312. The Morgan fingerprint density at radius 2 is 1.66 bits per heavy atom. The maximum atomic E-state index is 12.4. The minimum atomic E-state index is -0.683. The molecule has 5 nitrogen and oxygen atoms in total. The maximum absolute atomic E-state index is 12.4. The zero-order valence-corrected chi connectivity index (χ0v) is 16.4. The molecule has 0 bridgehead atoms. The number of carbonyl (C=O) groups is 1. The van der Waals surface area contributed by atoms with Crippen LogP contribution in [0.2, 0.25) is 5.02 Å². The summed E-state index contributed by atoms with van der Waals surface area (Å²) < 4.78 is 5.76. The zero-order valence-electron chi connectivity index (χ0n) is 15.7. The van der Waals surface area contributed by atoms with Gasteiger partial charge in [0.05, 0.1) is 33.6 Å². The number of carbonyl (C=O) groups excluding carboxylic acids is 1. The quantitative estimate of drug-likeness (QED) is 0.487. The third-order valence-electron chi connectivity index (χ3n) is 4.41. The van der Waals surface area contributed by atoms with Crippen molar-refractivity contribution in [2.75, 3.05) is 5.32 Å². The second-order valence-corrected chi connectivity index (χ2v) is 6.90. The van der Waals surface area contributed by atoms with Crippen LogP contribution in [0.3, 0.4) is 0 Å². The van der Waals surface area contributed by atoms with Gasteiger partial charge in [-0.15, -0.1) is 0 Å². The second-order valence-electron chi connectivity index (χ2n) is 6.50. The van der Waals surface area contributed by atoms with Crippen molar-refractivity contribution < 1.29 is 9.53 Å². The average Bonchev–Trinajstić information content (AvgIpc) is 2.75. The van der Waals surface area contributed by atoms with Crippen molar-refractivity contribution in [2.45, 2.75) is 13.0 Å². The lowest BCUT2D eigenvalue weighted by molar-refractivity contribution is -0.122. The number of amides is 1. The molecule has 1 atom stereocenters. The molecule has 1 unspecified atom stereocenters. The fourth-order valence-electron chi connectivity index (χ4n) is 2.86. The Morgan fingerprint density at radius 3 is 2.41 bits per heavy atom. The van der Waals surface area contributed by atoms with Gasteiger partial charge in [-0.05, 0) is 55.5 Å². The fraction of sp³-hybridized carbons (Fsp3) is 0.0870. The van der Waals surface area contributed by atoms with Crippen molar-refractivity contribution in [3.8, 4) is 17.0 Å². The Labute approximate surface area is 173 Å². The molecule has 0 saturated carbocycles. The van der Waals surface area contributed by atoms with Crippen LogP contribution in [0.5, 0.6) is 5.75 Å². The summed E-state index contributed by atoms with van der Waals surface area (Å²) >= 11 is 6.08. The van der Waals surface area contributed by atoms with Gasteiger partial charge < -0.3 is 10.1 Å². The number of ether oxygens (including phenoxy) is 1. The van der Waals surface area contributed by atoms with Gasteiger partial charge in [-0.3, -0.25) is 9.78 Å². The highest BCUT2D eigenvalue weighted by atomic mass is 35.5. The Morgan fingerprint density at radius 1 is 0.966 bits per heavy atom. The molecule has 0 spiro atoms. The summed E-state index contributed by atoms with van der Waals surface area (Å²) in [6, 6.07) is 22.2. The van der Waals surface area contributed by atoms with Gasteiger partial charge in [0.25, 0.3) is 5.91 Å². The molecule has 1 N–H and O–H groups in total. The average molecular weight is 404 g/mol. The molecular formula is C23H18ClN3O2. The van der Waals surface area contributed by atoms with E-state index in [1.165, 1.54) is 0 Å². The molecule has 0 aliphatic rings. The number of hydrogen-bond acceptors (Lipinski definition) is 4. The van der Waals surface area contributed by atoms with Crippen molar-refractivity contribution in [1.82, 2.24) is 9.97 Å². The van der Waals surface area contributed by atoms with E-state index < -0.39 is 6.10 Å². The van der Waals surface area contributed by atoms with Gasteiger partial charge in [-0.25, -0.2) is 4.98 Å². The van der Waals surface area contributed by atoms with Crippen molar-refractivity contribution in [3.05, 3.63) is 84.0 Å². The molecule has 0 fully saturated rings. The van der Waals surface area contributed by atoms with Crippen LogP contribution in [0.25, 0.3) is 22.3 Å². The molecule has 0 saturated heterocycles. The van der Waals surface area contributed by atoms with Crippen molar-refractivity contribution >= 4 is 34.2 Å². The predicted molar refractivity (Wildman–Crippen MR) is 115 cm³/mol. The molecule has 4 rings (SSSR count). The van der Waals surface area contributed by atoms with E-state index in [0.29, 0.717) is 16.5 Å². The summed E-state index contributed by atoms with van der Waals surface area (Å²) in [6.45, 7) is 1.69. The number of aromatic nitrogens is 2. The van der Waals surface area contributed by atoms with Crippen molar-refractivity contribution in [2.24, 2.45) is 0 Å². The fourth-order valence-corrected chi connectivity index (χ4v) is 3.04. The molecule has 0 aliphatic carbocycles. The molecule has 3 aromatic carbocycles. The van der Waals surface area contributed by atoms with E-state index in [0.717, 1.165) is 22.3 Å². The number of hydrogen-bond donors (Lipinski definition) is 1. The van der Waals surface area contributed by atoms with Crippen LogP contribution in [0.15, 0.2) is 79.0 Å². The number of benzene rings is 3. The minimum absolute atomic E-state index is 0.275. The molecular weight excluding hydrogens is 386 g/mol. The molecule has 1 amide bonds. The molecule has 4 aromatic rings. The van der Waals surface area contributed by atoms with Gasteiger partial charge in [0.15, 0.2) is 6.10 Å². The lowest BCUT2D eigenvalue weighted by Gasteiger charge is -2.15. The zero-order chi connectivity index (χ0) is 20.2. The number of nitrogens with zero attached hydrogens (tertiary/aromatic N) is 2. The van der Waals surface area contributed by atoms with Crippen LogP contribution in [-0.4, -0.2) is 22.0 Å². The van der Waals surface area contributed by atoms with E-state index in [1.54, 1.807) is 37.4 Å². The first-order valence-electron chi connectivity index (χ1n) is 9.14. The van der Waals surface area contributed by atoms with Gasteiger partial charge in [0, 0.05) is 5.56 Å². The predicted octanol–water partition coefficient (Wildman–Crippen LogP) is 5.36. The van der Waals surface area contributed by atoms with Crippen LogP contribution in [0.1, 0.15) is 6.92 Å². The van der Waals surface area contributed by atoms with Crippen molar-refractivity contribution in [1.29, 1.82) is 0 Å². The molecule has 1 aromatic heterocycles. The van der Waals surface area contributed by atoms with Gasteiger partial charge in [-0.2, -0.15) is 0 Å². The normalized spacial score (nSPS) is 11.8. The first-order valence-corrected chi connectivity index (χ1v) is 9.52. The Balaban J connectivity index is 1.44. The van der Waals surface area contributed by atoms with Crippen molar-refractivity contribution in [3.63, 3.8) is 0 Å². The minimum Gasteiger partial charge on any atom is -0.481 e. The Kier molecular flexibility index (Phi) is 5.40. The molecule has 1 heterocycles. The number of halogens is 1. The molecule has 0 radical (unpaired) electrons. The highest BCUT2D eigenvalue weighted by Crippen LogP contribution is 2.24. The Hall–Kier alpha value is -3.44. The van der Waals surface area contributed by atoms with Crippen LogP contribution in [0.4, 0.5) is 5.69 Å². The summed E-state index contributed by atoms with van der Waals surface area (Å²) in [5, 5.41) is 3.25. The smallest absolute Gasteiger partial charge is 0.265 e. The first kappa shape index (κ1) is 18.9. The van der Waals surface area contributed by atoms with Crippen LogP contribution >= 0.6 is 11.6 Å². The third kappa shape index (κ3) is 4.36. The largest absolute Gasteiger partial charge is 0.481 e. The molecule has 144 valence electrons. The molecule has 6 heteroatoms. The first-order chi connectivity index (χ1) is 14.1. The summed E-state index contributed by atoms with van der Waals surface area (Å²) in [4.78, 5) is 21.4. The third-order valence-corrected chi connectivity index (χ3v) is 4.74. The number of para-hydroxylation sites is 3. The van der Waals surface area contributed by atoms with Crippen LogP contribution < -0.4 is 10.1 Å². The molecule has 0 aliphatic heterocycles. The molecule has 29 heavy (non-hydrogen) atoms. The van der Waals surface area contributed by atoms with E-state index in [-0.39, 0.29) is 5.91 Å². The highest BCUT2D eigenvalue weighted by molar-refractivity contribution is 6.33. The van der Waals surface area contributed by atoms with E-state index in [4.69, 9.17) is 16.3 Å². The van der Waals surface area contributed by atoms with Crippen LogP contribution in [-0.2, 0) is 4.79 Å². The maximum Gasteiger partial charge on any atom is 0.265 e. The summed E-state index contributed by atoms with van der Waals surface area (Å²) in [6.07, 6.45) is 1.07. The standard InChI is InChI=1S/C23H18ClN3O2/c1-15(23(28)27-19-7-3-2-6-18(19)24)29-17-12-10-16(11-13-17)22-14-25-20-8-4-5-9-21(20)26-22/h2-15H,1H3,(H,27,28). The number of anilines is 1. The number of rotatable bonds is 5. The second kappa shape index (κ2) is 8.29. The lowest BCUT2D eigenvalue weighted by Crippen LogP contribution is -2.30. The van der Waals surface area contributed by atoms with E-state index in [1.807, 2.05) is 48.5 Å². The van der Waals surface area contributed by atoms with Gasteiger partial charge >= 0.3 is 0 Å². The Bertz CT molecular complexity index is 1160.